The second-order valence-corrected chi connectivity index (χ2v) is 3.74. The number of aliphatic hydroxyl groups excluding tert-OH is 1. The van der Waals surface area contributed by atoms with Gasteiger partial charge < -0.3 is 5.11 Å². The van der Waals surface area contributed by atoms with Crippen LogP contribution in [0.5, 0.6) is 0 Å². The van der Waals surface area contributed by atoms with Crippen LogP contribution in [0.4, 0.5) is 0 Å². The Morgan fingerprint density at radius 1 is 1.21 bits per heavy atom. The predicted octanol–water partition coefficient (Wildman–Crippen LogP) is 3.21. The molecule has 0 saturated heterocycles. The third-order valence-electron chi connectivity index (χ3n) is 2.21. The number of hydrogen-bond acceptors (Lipinski definition) is 1. The largest absolute Gasteiger partial charge is 0.396 e. The van der Waals surface area contributed by atoms with Crippen LogP contribution in [0.15, 0.2) is 30.3 Å². The normalized spacial score (nSPS) is 11.4. The molecule has 1 nitrogen and oxygen atoms in total. The van der Waals surface area contributed by atoms with Gasteiger partial charge in [0.2, 0.25) is 0 Å². The Kier molecular flexibility index (Phi) is 4.41. The Bertz CT molecular complexity index is 283. The summed E-state index contributed by atoms with van der Waals surface area (Å²) in [6.07, 6.45) is 4.76. The average Bonchev–Trinajstić information content (AvgIpc) is 2.19. The van der Waals surface area contributed by atoms with Gasteiger partial charge in [-0.05, 0) is 23.5 Å². The fraction of sp³-hybridized carbons (Fsp3) is 0.385. The van der Waals surface area contributed by atoms with Crippen molar-refractivity contribution in [3.05, 3.63) is 41.5 Å². The Balaban J connectivity index is 2.64. The molecule has 0 spiro atoms. The maximum Gasteiger partial charge on any atom is 0.0465 e. The van der Waals surface area contributed by atoms with Crippen LogP contribution in [0.2, 0.25) is 0 Å². The SMILES string of the molecule is CC(C)c1ccc(C=CCCO)cc1. The molecule has 0 amide bonds. The molecule has 1 aromatic rings. The highest BCUT2D eigenvalue weighted by Crippen LogP contribution is 2.15. The minimum atomic E-state index is 0.223. The van der Waals surface area contributed by atoms with E-state index < -0.39 is 0 Å². The van der Waals surface area contributed by atoms with Crippen molar-refractivity contribution in [2.45, 2.75) is 26.2 Å². The topological polar surface area (TPSA) is 20.2 Å². The molecule has 76 valence electrons. The van der Waals surface area contributed by atoms with Crippen LogP contribution in [0.1, 0.15) is 37.3 Å². The van der Waals surface area contributed by atoms with Crippen LogP contribution < -0.4 is 0 Å². The van der Waals surface area contributed by atoms with E-state index in [2.05, 4.69) is 38.1 Å². The summed E-state index contributed by atoms with van der Waals surface area (Å²) < 4.78 is 0. The van der Waals surface area contributed by atoms with Crippen molar-refractivity contribution < 1.29 is 5.11 Å². The van der Waals surface area contributed by atoms with Gasteiger partial charge >= 0.3 is 0 Å². The molecule has 0 bridgehead atoms. The van der Waals surface area contributed by atoms with Crippen molar-refractivity contribution >= 4 is 6.08 Å². The van der Waals surface area contributed by atoms with Crippen LogP contribution >= 0.6 is 0 Å². The van der Waals surface area contributed by atoms with Crippen LogP contribution in [0, 0.1) is 0 Å². The molecule has 1 N–H and O–H groups in total. The van der Waals surface area contributed by atoms with Gasteiger partial charge in [-0.1, -0.05) is 50.3 Å². The highest BCUT2D eigenvalue weighted by Gasteiger charge is 1.96. The van der Waals surface area contributed by atoms with Crippen molar-refractivity contribution in [2.75, 3.05) is 6.61 Å². The first-order valence-electron chi connectivity index (χ1n) is 5.11. The summed E-state index contributed by atoms with van der Waals surface area (Å²) >= 11 is 0. The van der Waals surface area contributed by atoms with Crippen molar-refractivity contribution in [3.8, 4) is 0 Å². The van der Waals surface area contributed by atoms with Gasteiger partial charge in [-0.15, -0.1) is 0 Å². The van der Waals surface area contributed by atoms with Gasteiger partial charge in [0.15, 0.2) is 0 Å². The molecule has 0 aromatic heterocycles. The molecule has 1 rings (SSSR count). The monoisotopic (exact) mass is 190 g/mol. The summed E-state index contributed by atoms with van der Waals surface area (Å²) in [5, 5.41) is 8.61. The standard InChI is InChI=1S/C13H18O/c1-11(2)13-8-6-12(7-9-13)5-3-4-10-14/h3,5-9,11,14H,4,10H2,1-2H3. The molecule has 0 heterocycles. The van der Waals surface area contributed by atoms with Gasteiger partial charge in [0, 0.05) is 6.61 Å². The maximum absolute atomic E-state index is 8.61. The molecule has 0 saturated carbocycles. The first-order valence-corrected chi connectivity index (χ1v) is 5.11. The first-order chi connectivity index (χ1) is 6.74. The lowest BCUT2D eigenvalue weighted by Gasteiger charge is -2.04. The molecule has 0 aliphatic carbocycles. The van der Waals surface area contributed by atoms with Crippen molar-refractivity contribution in [1.82, 2.24) is 0 Å². The zero-order valence-corrected chi connectivity index (χ0v) is 8.90. The molecule has 1 aromatic carbocycles. The van der Waals surface area contributed by atoms with E-state index in [4.69, 9.17) is 5.11 Å². The van der Waals surface area contributed by atoms with E-state index in [0.29, 0.717) is 5.92 Å². The highest BCUT2D eigenvalue weighted by molar-refractivity contribution is 5.49. The third-order valence-corrected chi connectivity index (χ3v) is 2.21. The molecule has 0 unspecified atom stereocenters. The van der Waals surface area contributed by atoms with Gasteiger partial charge in [-0.2, -0.15) is 0 Å². The minimum Gasteiger partial charge on any atom is -0.396 e. The van der Waals surface area contributed by atoms with Crippen molar-refractivity contribution in [2.24, 2.45) is 0 Å². The van der Waals surface area contributed by atoms with E-state index in [0.717, 1.165) is 6.42 Å². The van der Waals surface area contributed by atoms with Crippen LogP contribution in [0.3, 0.4) is 0 Å². The Labute approximate surface area is 86.1 Å². The zero-order chi connectivity index (χ0) is 10.4. The van der Waals surface area contributed by atoms with Crippen LogP contribution in [-0.4, -0.2) is 11.7 Å². The van der Waals surface area contributed by atoms with Crippen LogP contribution in [0.25, 0.3) is 6.08 Å². The lowest BCUT2D eigenvalue weighted by molar-refractivity contribution is 0.303. The summed E-state index contributed by atoms with van der Waals surface area (Å²) in [7, 11) is 0. The second-order valence-electron chi connectivity index (χ2n) is 3.74. The molecule has 1 heteroatoms. The number of hydrogen-bond donors (Lipinski definition) is 1. The third kappa shape index (κ3) is 3.35. The molecule has 0 aliphatic heterocycles. The summed E-state index contributed by atoms with van der Waals surface area (Å²) in [6.45, 7) is 4.60. The van der Waals surface area contributed by atoms with Gasteiger partial charge in [0.25, 0.3) is 0 Å². The lowest BCUT2D eigenvalue weighted by Crippen LogP contribution is -1.86. The minimum absolute atomic E-state index is 0.223. The molecule has 14 heavy (non-hydrogen) atoms. The number of aliphatic hydroxyl groups is 1. The molecule has 0 fully saturated rings. The Morgan fingerprint density at radius 3 is 2.36 bits per heavy atom. The average molecular weight is 190 g/mol. The summed E-state index contributed by atoms with van der Waals surface area (Å²) in [5.74, 6) is 0.588. The van der Waals surface area contributed by atoms with E-state index in [1.54, 1.807) is 0 Å². The second kappa shape index (κ2) is 5.61. The predicted molar refractivity (Wildman–Crippen MR) is 61.3 cm³/mol. The molecule has 0 radical (unpaired) electrons. The summed E-state index contributed by atoms with van der Waals surface area (Å²) in [5.41, 5.74) is 2.56. The number of rotatable bonds is 4. The quantitative estimate of drug-likeness (QED) is 0.773. The van der Waals surface area contributed by atoms with Crippen molar-refractivity contribution in [3.63, 3.8) is 0 Å². The van der Waals surface area contributed by atoms with E-state index in [9.17, 15) is 0 Å². The lowest BCUT2D eigenvalue weighted by atomic mass is 10.0. The Morgan fingerprint density at radius 2 is 1.86 bits per heavy atom. The van der Waals surface area contributed by atoms with Crippen molar-refractivity contribution in [1.29, 1.82) is 0 Å². The highest BCUT2D eigenvalue weighted by atomic mass is 16.2. The smallest absolute Gasteiger partial charge is 0.0465 e. The van der Waals surface area contributed by atoms with Gasteiger partial charge in [0.1, 0.15) is 0 Å². The zero-order valence-electron chi connectivity index (χ0n) is 8.90. The fourth-order valence-corrected chi connectivity index (χ4v) is 1.29. The van der Waals surface area contributed by atoms with Crippen LogP contribution in [-0.2, 0) is 0 Å². The van der Waals surface area contributed by atoms with E-state index in [-0.39, 0.29) is 6.61 Å². The molecule has 0 aliphatic rings. The van der Waals surface area contributed by atoms with Gasteiger partial charge in [0.05, 0.1) is 0 Å². The first kappa shape index (κ1) is 11.0. The molecule has 0 atom stereocenters. The van der Waals surface area contributed by atoms with E-state index in [1.165, 1.54) is 11.1 Å². The summed E-state index contributed by atoms with van der Waals surface area (Å²) in [6, 6.07) is 8.54. The van der Waals surface area contributed by atoms with Gasteiger partial charge in [-0.25, -0.2) is 0 Å². The maximum atomic E-state index is 8.61. The molecular formula is C13H18O. The summed E-state index contributed by atoms with van der Waals surface area (Å²) in [4.78, 5) is 0. The van der Waals surface area contributed by atoms with E-state index >= 15 is 0 Å². The number of benzene rings is 1. The molecular weight excluding hydrogens is 172 g/mol. The Hall–Kier alpha value is -1.08. The fourth-order valence-electron chi connectivity index (χ4n) is 1.29. The van der Waals surface area contributed by atoms with E-state index in [1.807, 2.05) is 12.2 Å². The van der Waals surface area contributed by atoms with Gasteiger partial charge in [-0.3, -0.25) is 0 Å².